The third-order valence-corrected chi connectivity index (χ3v) is 17.8. The summed E-state index contributed by atoms with van der Waals surface area (Å²) in [6, 6.07) is 44.4. The van der Waals surface area contributed by atoms with Gasteiger partial charge in [0, 0.05) is 61.6 Å². The van der Waals surface area contributed by atoms with Gasteiger partial charge in [0.1, 0.15) is 28.9 Å². The lowest BCUT2D eigenvalue weighted by atomic mass is 10.0. The van der Waals surface area contributed by atoms with E-state index in [9.17, 15) is 22.4 Å². The molecule has 2 N–H and O–H groups in total. The normalized spacial score (nSPS) is 15.9. The Morgan fingerprint density at radius 1 is 0.564 bits per heavy atom. The molecule has 6 nitrogen and oxygen atoms in total. The molecule has 2 aliphatic carbocycles. The molecule has 0 spiro atoms. The Labute approximate surface area is 477 Å². The lowest BCUT2D eigenvalue weighted by molar-refractivity contribution is 0.0480. The number of carbonyl (C=O) groups is 1. The number of rotatable bonds is 17. The van der Waals surface area contributed by atoms with Crippen molar-refractivity contribution in [3.63, 3.8) is 0 Å². The Hall–Kier alpha value is -5.15. The van der Waals surface area contributed by atoms with E-state index in [1.54, 1.807) is 36.0 Å². The van der Waals surface area contributed by atoms with Gasteiger partial charge in [0.25, 0.3) is 0 Å². The van der Waals surface area contributed by atoms with Crippen LogP contribution in [-0.4, -0.2) is 96.2 Å². The van der Waals surface area contributed by atoms with Gasteiger partial charge < -0.3 is 15.4 Å². The molecular weight excluding hydrogens is 1090 g/mol. The minimum atomic E-state index is -0.436. The predicted octanol–water partition coefficient (Wildman–Crippen LogP) is 15.3. The van der Waals surface area contributed by atoms with Crippen LogP contribution in [0.5, 0.6) is 0 Å². The number of amides is 1. The molecule has 0 unspecified atom stereocenters. The van der Waals surface area contributed by atoms with Gasteiger partial charge >= 0.3 is 6.09 Å². The van der Waals surface area contributed by atoms with Crippen molar-refractivity contribution in [3.8, 4) is 0 Å². The van der Waals surface area contributed by atoms with Crippen molar-refractivity contribution < 1.29 is 27.1 Å². The van der Waals surface area contributed by atoms with E-state index < -0.39 is 5.60 Å². The minimum Gasteiger partial charge on any atom is -0.444 e. The number of nitrogens with one attached hydrogen (secondary N) is 2. The van der Waals surface area contributed by atoms with Crippen molar-refractivity contribution in [2.24, 2.45) is 0 Å². The summed E-state index contributed by atoms with van der Waals surface area (Å²) < 4.78 is 58.2. The van der Waals surface area contributed by atoms with Crippen LogP contribution in [0.2, 0.25) is 0 Å². The zero-order valence-corrected chi connectivity index (χ0v) is 48.3. The van der Waals surface area contributed by atoms with Gasteiger partial charge in [-0.3, -0.25) is 9.80 Å². The van der Waals surface area contributed by atoms with Crippen molar-refractivity contribution in [1.29, 1.82) is 0 Å². The van der Waals surface area contributed by atoms with E-state index in [1.807, 2.05) is 56.8 Å². The Morgan fingerprint density at radius 3 is 1.31 bits per heavy atom. The Kier molecular flexibility index (Phi) is 22.2. The van der Waals surface area contributed by atoms with E-state index in [0.29, 0.717) is 6.04 Å². The average Bonchev–Trinajstić information content (AvgIpc) is 4.07. The number of nitrogens with zero attached hydrogens (tertiary/aromatic N) is 2. The first-order valence-electron chi connectivity index (χ1n) is 27.3. The van der Waals surface area contributed by atoms with Crippen LogP contribution in [0.1, 0.15) is 101 Å². The number of ether oxygens (including phenoxy) is 1. The molecule has 4 aliphatic rings. The molecule has 10 rings (SSSR count). The molecule has 0 bridgehead atoms. The highest BCUT2D eigenvalue weighted by atomic mass is 79.9. The molecule has 2 saturated heterocycles. The summed E-state index contributed by atoms with van der Waals surface area (Å²) >= 11 is 6.97. The number of likely N-dealkylation sites (tertiary alicyclic amines) is 2. The fourth-order valence-corrected chi connectivity index (χ4v) is 13.2. The van der Waals surface area contributed by atoms with E-state index in [-0.39, 0.29) is 45.9 Å². The van der Waals surface area contributed by atoms with Gasteiger partial charge in [0.05, 0.1) is 10.5 Å². The molecule has 0 saturated carbocycles. The summed E-state index contributed by atoms with van der Waals surface area (Å²) in [5.41, 5.74) is 12.4. The first-order valence-corrected chi connectivity index (χ1v) is 30.5. The first kappa shape index (κ1) is 59.0. The van der Waals surface area contributed by atoms with Crippen molar-refractivity contribution in [3.05, 3.63) is 225 Å². The van der Waals surface area contributed by atoms with Crippen molar-refractivity contribution >= 4 is 57.7 Å². The monoisotopic (exact) mass is 1160 g/mol. The third kappa shape index (κ3) is 18.5. The molecular formula is C65H73BrF4N4O2S2. The Morgan fingerprint density at radius 2 is 0.936 bits per heavy atom. The summed E-state index contributed by atoms with van der Waals surface area (Å²) in [5, 5.41) is 7.79. The largest absolute Gasteiger partial charge is 0.444 e. The van der Waals surface area contributed by atoms with Crippen LogP contribution in [0.4, 0.5) is 22.4 Å². The summed E-state index contributed by atoms with van der Waals surface area (Å²) in [5.74, 6) is 0.903. The van der Waals surface area contributed by atoms with E-state index >= 15 is 0 Å². The maximum atomic E-state index is 13.4. The van der Waals surface area contributed by atoms with Crippen molar-refractivity contribution in [2.75, 3.05) is 62.6 Å². The molecule has 0 radical (unpaired) electrons. The molecule has 412 valence electrons. The van der Waals surface area contributed by atoms with Crippen molar-refractivity contribution in [1.82, 2.24) is 20.4 Å². The number of hydrogen-bond acceptors (Lipinski definition) is 7. The topological polar surface area (TPSA) is 56.8 Å². The van der Waals surface area contributed by atoms with Crippen LogP contribution < -0.4 is 10.6 Å². The molecule has 6 aromatic carbocycles. The van der Waals surface area contributed by atoms with Gasteiger partial charge in [0.2, 0.25) is 0 Å². The second-order valence-electron chi connectivity index (χ2n) is 21.5. The molecule has 6 aromatic rings. The van der Waals surface area contributed by atoms with Crippen LogP contribution in [0.25, 0.3) is 12.2 Å². The van der Waals surface area contributed by atoms with Gasteiger partial charge in [-0.1, -0.05) is 136 Å². The number of benzene rings is 6. The minimum absolute atomic E-state index is 0.0589. The second-order valence-corrected chi connectivity index (χ2v) is 24.7. The smallest absolute Gasteiger partial charge is 0.407 e. The summed E-state index contributed by atoms with van der Waals surface area (Å²) in [4.78, 5) is 16.9. The first-order chi connectivity index (χ1) is 37.7. The highest BCUT2D eigenvalue weighted by Gasteiger charge is 2.26. The number of carbonyl (C=O) groups excluding carboxylic acids is 1. The molecule has 2 fully saturated rings. The molecule has 2 heterocycles. The van der Waals surface area contributed by atoms with Gasteiger partial charge in [0.15, 0.2) is 0 Å². The maximum absolute atomic E-state index is 13.4. The standard InChI is InChI=1S/C30H32F2N2S.C20H28N2O2.C15H13BrF2S/c31-27-9-5-23(6-10-27)30(24-7-11-28(32)12-8-24)35-18-15-33-29-13-16-34(17-14-29)21-22-19-25-3-1-2-4-26(25)20-22;1-20(2,3)24-19(23)21-18-8-10-22(11-9-18)14-15-12-16-6-4-5-7-17(16)13-15;16-9-10-19-15(11-1-5-13(17)6-2-11)12-3-7-14(18)8-4-12/h1-12,19,29-30,33H,13-18,20-21H2;4-7,12,18H,8-11,13-14H2,1-3H3,(H,21,23);1-8,15H,9-10H2. The number of alkyl carbamates (subject to hydrolysis) is 1. The summed E-state index contributed by atoms with van der Waals surface area (Å²) in [6.07, 6.45) is 10.9. The van der Waals surface area contributed by atoms with Crippen LogP contribution in [0.15, 0.2) is 157 Å². The summed E-state index contributed by atoms with van der Waals surface area (Å²) in [7, 11) is 0. The number of hydrogen-bond donors (Lipinski definition) is 2. The van der Waals surface area contributed by atoms with E-state index in [2.05, 4.69) is 97.0 Å². The van der Waals surface area contributed by atoms with Gasteiger partial charge in [-0.2, -0.15) is 0 Å². The zero-order valence-electron chi connectivity index (χ0n) is 45.1. The molecule has 78 heavy (non-hydrogen) atoms. The lowest BCUT2D eigenvalue weighted by Gasteiger charge is -2.33. The zero-order chi connectivity index (χ0) is 54.9. The fourth-order valence-electron chi connectivity index (χ4n) is 10.4. The van der Waals surface area contributed by atoms with Gasteiger partial charge in [-0.05, 0) is 165 Å². The highest BCUT2D eigenvalue weighted by Crippen LogP contribution is 2.37. The van der Waals surface area contributed by atoms with E-state index in [4.69, 9.17) is 4.74 Å². The predicted molar refractivity (Wildman–Crippen MR) is 321 cm³/mol. The number of fused-ring (bicyclic) bond motifs is 2. The average molecular weight is 1160 g/mol. The maximum Gasteiger partial charge on any atom is 0.407 e. The second kappa shape index (κ2) is 29.4. The van der Waals surface area contributed by atoms with Crippen LogP contribution in [0, 0.1) is 23.3 Å². The quantitative estimate of drug-likeness (QED) is 0.0536. The number of alkyl halides is 1. The van der Waals surface area contributed by atoms with E-state index in [1.165, 1.54) is 94.8 Å². The number of thioether (sulfide) groups is 2. The van der Waals surface area contributed by atoms with Crippen LogP contribution in [-0.2, 0) is 17.6 Å². The molecule has 2 aliphatic heterocycles. The molecule has 0 atom stereocenters. The van der Waals surface area contributed by atoms with E-state index in [0.717, 1.165) is 111 Å². The summed E-state index contributed by atoms with van der Waals surface area (Å²) in [6.45, 7) is 13.0. The molecule has 1 amide bonds. The highest BCUT2D eigenvalue weighted by molar-refractivity contribution is 9.09. The number of halogens is 5. The molecule has 0 aromatic heterocycles. The fraction of sp³-hybridized carbons (Fsp3) is 0.369. The van der Waals surface area contributed by atoms with Crippen LogP contribution in [0.3, 0.4) is 0 Å². The van der Waals surface area contributed by atoms with Crippen LogP contribution >= 0.6 is 39.5 Å². The molecule has 13 heteroatoms. The van der Waals surface area contributed by atoms with Gasteiger partial charge in [-0.15, -0.1) is 23.5 Å². The SMILES string of the molecule is CC(C)(C)OC(=O)NC1CCN(CC2=Cc3ccccc3C2)CC1.Fc1ccc(C(SCCBr)c2ccc(F)cc2)cc1.Fc1ccc(C(SCCNC2CCN(CC3=Cc4ccccc4C3)CC2)c2ccc(F)cc2)cc1. The van der Waals surface area contributed by atoms with Gasteiger partial charge in [-0.25, -0.2) is 22.4 Å². The Balaban J connectivity index is 0.000000163. The third-order valence-electron chi connectivity index (χ3n) is 14.3. The van der Waals surface area contributed by atoms with Crippen molar-refractivity contribution in [2.45, 2.75) is 87.5 Å². The number of piperidine rings is 2. The lowest BCUT2D eigenvalue weighted by Crippen LogP contribution is -2.46. The Bertz CT molecular complexity index is 2790.